The highest BCUT2D eigenvalue weighted by atomic mass is 19.1. The van der Waals surface area contributed by atoms with Crippen LogP contribution in [0.15, 0.2) is 30.6 Å². The van der Waals surface area contributed by atoms with E-state index >= 15 is 0 Å². The van der Waals surface area contributed by atoms with E-state index in [1.807, 2.05) is 6.92 Å². The number of rotatable bonds is 5. The number of benzene rings is 1. The summed E-state index contributed by atoms with van der Waals surface area (Å²) >= 11 is 0. The molecular formula is C14H14F2N2O. The lowest BCUT2D eigenvalue weighted by molar-refractivity contribution is 0.0977. The highest BCUT2D eigenvalue weighted by molar-refractivity contribution is 5.94. The molecule has 19 heavy (non-hydrogen) atoms. The number of carbonyl (C=O) groups excluding carboxylic acids is 1. The second kappa shape index (κ2) is 5.73. The number of hydrogen-bond acceptors (Lipinski definition) is 2. The minimum absolute atomic E-state index is 0.118. The number of halogens is 2. The molecule has 2 rings (SSSR count). The van der Waals surface area contributed by atoms with E-state index in [1.54, 1.807) is 17.0 Å². The first kappa shape index (κ1) is 13.4. The molecule has 1 heterocycles. The van der Waals surface area contributed by atoms with Crippen LogP contribution in [0.4, 0.5) is 8.78 Å². The molecule has 0 atom stereocenters. The lowest BCUT2D eigenvalue weighted by Crippen LogP contribution is -2.13. The molecule has 0 saturated carbocycles. The van der Waals surface area contributed by atoms with E-state index in [9.17, 15) is 13.6 Å². The van der Waals surface area contributed by atoms with Crippen molar-refractivity contribution in [3.05, 3.63) is 53.6 Å². The Morgan fingerprint density at radius 1 is 1.37 bits per heavy atom. The summed E-state index contributed by atoms with van der Waals surface area (Å²) in [6.07, 6.45) is 4.02. The van der Waals surface area contributed by atoms with Gasteiger partial charge in [-0.1, -0.05) is 13.0 Å². The monoisotopic (exact) mass is 264 g/mol. The van der Waals surface area contributed by atoms with E-state index < -0.39 is 11.6 Å². The van der Waals surface area contributed by atoms with Gasteiger partial charge in [0.25, 0.3) is 0 Å². The molecule has 0 unspecified atom stereocenters. The average molecular weight is 264 g/mol. The van der Waals surface area contributed by atoms with Gasteiger partial charge in [-0.15, -0.1) is 0 Å². The summed E-state index contributed by atoms with van der Waals surface area (Å²) in [7, 11) is 0. The maximum atomic E-state index is 13.5. The molecule has 0 aliphatic heterocycles. The molecule has 5 heteroatoms. The Kier molecular flexibility index (Phi) is 4.04. The normalized spacial score (nSPS) is 10.7. The van der Waals surface area contributed by atoms with Crippen molar-refractivity contribution in [1.82, 2.24) is 9.55 Å². The van der Waals surface area contributed by atoms with E-state index in [0.29, 0.717) is 12.4 Å². The van der Waals surface area contributed by atoms with Crippen molar-refractivity contribution >= 4 is 5.78 Å². The van der Waals surface area contributed by atoms with Crippen molar-refractivity contribution in [2.45, 2.75) is 26.3 Å². The van der Waals surface area contributed by atoms with Gasteiger partial charge >= 0.3 is 0 Å². The van der Waals surface area contributed by atoms with Crippen LogP contribution in [-0.2, 0) is 13.0 Å². The molecule has 0 aliphatic rings. The van der Waals surface area contributed by atoms with Crippen LogP contribution in [0.3, 0.4) is 0 Å². The fraction of sp³-hybridized carbons (Fsp3) is 0.286. The van der Waals surface area contributed by atoms with E-state index in [0.717, 1.165) is 18.6 Å². The third kappa shape index (κ3) is 3.05. The predicted molar refractivity (Wildman–Crippen MR) is 66.9 cm³/mol. The van der Waals surface area contributed by atoms with Gasteiger partial charge < -0.3 is 4.57 Å². The summed E-state index contributed by atoms with van der Waals surface area (Å²) in [5.74, 6) is -1.32. The highest BCUT2D eigenvalue weighted by Gasteiger charge is 2.15. The lowest BCUT2D eigenvalue weighted by Gasteiger charge is -2.06. The maximum Gasteiger partial charge on any atom is 0.202 e. The number of nitrogens with zero attached hydrogens (tertiary/aromatic N) is 2. The van der Waals surface area contributed by atoms with Crippen LogP contribution in [0, 0.1) is 11.6 Å². The third-order valence-corrected chi connectivity index (χ3v) is 2.80. The number of hydrogen-bond donors (Lipinski definition) is 0. The zero-order valence-corrected chi connectivity index (χ0v) is 10.6. The van der Waals surface area contributed by atoms with Crippen molar-refractivity contribution in [2.75, 3.05) is 0 Å². The van der Waals surface area contributed by atoms with Crippen LogP contribution >= 0.6 is 0 Å². The minimum atomic E-state index is -0.707. The number of Topliss-reactive ketones (excluding diaryl/α,β-unsaturated/α-hetero) is 1. The molecule has 1 aromatic heterocycles. The molecule has 3 nitrogen and oxygen atoms in total. The van der Waals surface area contributed by atoms with Crippen LogP contribution in [0.25, 0.3) is 0 Å². The fourth-order valence-corrected chi connectivity index (χ4v) is 1.90. The number of imidazole rings is 1. The zero-order valence-electron chi connectivity index (χ0n) is 10.6. The summed E-state index contributed by atoms with van der Waals surface area (Å²) in [5, 5.41) is 0. The standard InChI is InChI=1S/C14H14F2N2O/c1-2-6-18-7-5-17-14(18)13(19)8-10-3-4-11(15)9-12(10)16/h3-5,7,9H,2,6,8H2,1H3. The van der Waals surface area contributed by atoms with Crippen LogP contribution in [0.2, 0.25) is 0 Å². The van der Waals surface area contributed by atoms with E-state index in [4.69, 9.17) is 0 Å². The van der Waals surface area contributed by atoms with Gasteiger partial charge in [-0.2, -0.15) is 0 Å². The number of aryl methyl sites for hydroxylation is 1. The van der Waals surface area contributed by atoms with Gasteiger partial charge in [-0.05, 0) is 18.1 Å². The van der Waals surface area contributed by atoms with E-state index in [1.165, 1.54) is 6.07 Å². The summed E-state index contributed by atoms with van der Waals surface area (Å²) in [5.41, 5.74) is 0.178. The molecule has 1 aromatic carbocycles. The Labute approximate surface area is 109 Å². The fourth-order valence-electron chi connectivity index (χ4n) is 1.90. The molecule has 2 aromatic rings. The molecule has 0 aliphatic carbocycles. The SMILES string of the molecule is CCCn1ccnc1C(=O)Cc1ccc(F)cc1F. The Morgan fingerprint density at radius 3 is 2.84 bits per heavy atom. The van der Waals surface area contributed by atoms with Crippen molar-refractivity contribution in [3.8, 4) is 0 Å². The van der Waals surface area contributed by atoms with Crippen molar-refractivity contribution < 1.29 is 13.6 Å². The first-order valence-corrected chi connectivity index (χ1v) is 6.10. The number of ketones is 1. The topological polar surface area (TPSA) is 34.9 Å². The Balaban J connectivity index is 2.18. The largest absolute Gasteiger partial charge is 0.329 e. The molecular weight excluding hydrogens is 250 g/mol. The van der Waals surface area contributed by atoms with Crippen LogP contribution < -0.4 is 0 Å². The van der Waals surface area contributed by atoms with Crippen LogP contribution in [0.5, 0.6) is 0 Å². The first-order valence-electron chi connectivity index (χ1n) is 6.10. The van der Waals surface area contributed by atoms with Crippen molar-refractivity contribution in [2.24, 2.45) is 0 Å². The Morgan fingerprint density at radius 2 is 2.16 bits per heavy atom. The number of aromatic nitrogens is 2. The van der Waals surface area contributed by atoms with E-state index in [2.05, 4.69) is 4.98 Å². The van der Waals surface area contributed by atoms with Gasteiger partial charge in [0.2, 0.25) is 5.78 Å². The highest BCUT2D eigenvalue weighted by Crippen LogP contribution is 2.13. The van der Waals surface area contributed by atoms with Crippen LogP contribution in [-0.4, -0.2) is 15.3 Å². The van der Waals surface area contributed by atoms with Crippen LogP contribution in [0.1, 0.15) is 29.5 Å². The van der Waals surface area contributed by atoms with Gasteiger partial charge in [-0.3, -0.25) is 4.79 Å². The minimum Gasteiger partial charge on any atom is -0.329 e. The zero-order chi connectivity index (χ0) is 13.8. The van der Waals surface area contributed by atoms with Gasteiger partial charge in [0, 0.05) is 31.4 Å². The maximum absolute atomic E-state index is 13.5. The molecule has 0 saturated heterocycles. The van der Waals surface area contributed by atoms with Gasteiger partial charge in [0.15, 0.2) is 5.82 Å². The summed E-state index contributed by atoms with van der Waals surface area (Å²) in [4.78, 5) is 16.1. The molecule has 0 radical (unpaired) electrons. The summed E-state index contributed by atoms with van der Waals surface area (Å²) in [6.45, 7) is 2.68. The molecule has 0 amide bonds. The molecule has 0 spiro atoms. The Hall–Kier alpha value is -2.04. The van der Waals surface area contributed by atoms with E-state index in [-0.39, 0.29) is 17.8 Å². The van der Waals surface area contributed by atoms with Gasteiger partial charge in [0.1, 0.15) is 11.6 Å². The molecule has 0 N–H and O–H groups in total. The molecule has 0 fully saturated rings. The van der Waals surface area contributed by atoms with Crippen molar-refractivity contribution in [1.29, 1.82) is 0 Å². The van der Waals surface area contributed by atoms with Crippen molar-refractivity contribution in [3.63, 3.8) is 0 Å². The average Bonchev–Trinajstić information content (AvgIpc) is 2.81. The van der Waals surface area contributed by atoms with Gasteiger partial charge in [-0.25, -0.2) is 13.8 Å². The molecule has 100 valence electrons. The van der Waals surface area contributed by atoms with Gasteiger partial charge in [0.05, 0.1) is 0 Å². The second-order valence-corrected chi connectivity index (χ2v) is 4.28. The number of carbonyl (C=O) groups is 1. The quantitative estimate of drug-likeness (QED) is 0.778. The second-order valence-electron chi connectivity index (χ2n) is 4.28. The summed E-state index contributed by atoms with van der Waals surface area (Å²) < 4.78 is 28.0. The lowest BCUT2D eigenvalue weighted by atomic mass is 10.1. The Bertz CT molecular complexity index is 593. The summed E-state index contributed by atoms with van der Waals surface area (Å²) in [6, 6.07) is 3.21. The third-order valence-electron chi connectivity index (χ3n) is 2.80. The first-order chi connectivity index (χ1) is 9.11. The predicted octanol–water partition coefficient (Wildman–Crippen LogP) is 3.00. The molecule has 0 bridgehead atoms. The smallest absolute Gasteiger partial charge is 0.202 e.